The van der Waals surface area contributed by atoms with Crippen LogP contribution in [0.1, 0.15) is 38.5 Å². The lowest BCUT2D eigenvalue weighted by molar-refractivity contribution is -0.143. The van der Waals surface area contributed by atoms with Crippen LogP contribution in [0.15, 0.2) is 72.8 Å². The zero-order chi connectivity index (χ0) is 25.6. The molecule has 0 spiro atoms. The molecule has 1 amide bonds. The van der Waals surface area contributed by atoms with Crippen LogP contribution in [0.25, 0.3) is 0 Å². The van der Waals surface area contributed by atoms with Crippen LogP contribution in [0.2, 0.25) is 0 Å². The molecule has 0 bridgehead atoms. The van der Waals surface area contributed by atoms with E-state index in [1.165, 1.54) is 12.1 Å². The SMILES string of the molecule is O=C(NCC(COCc1cc(C(F)(F)F)cc(C(F)(F)F)c1)c1ccccc1)c1ccc(F)cc1. The van der Waals surface area contributed by atoms with Crippen LogP contribution in [-0.2, 0) is 23.7 Å². The molecule has 1 unspecified atom stereocenters. The summed E-state index contributed by atoms with van der Waals surface area (Å²) in [5.41, 5.74) is -2.15. The Hall–Kier alpha value is -3.40. The van der Waals surface area contributed by atoms with Gasteiger partial charge in [0, 0.05) is 18.0 Å². The Bertz CT molecular complexity index is 1100. The molecule has 0 aromatic heterocycles. The van der Waals surface area contributed by atoms with Crippen molar-refractivity contribution in [1.29, 1.82) is 0 Å². The van der Waals surface area contributed by atoms with E-state index in [2.05, 4.69) is 5.32 Å². The molecule has 1 atom stereocenters. The fourth-order valence-electron chi connectivity index (χ4n) is 3.34. The van der Waals surface area contributed by atoms with Crippen molar-refractivity contribution in [2.45, 2.75) is 24.9 Å². The second kappa shape index (κ2) is 10.9. The molecule has 0 saturated heterocycles. The minimum absolute atomic E-state index is 0.0568. The number of carbonyl (C=O) groups excluding carboxylic acids is 1. The van der Waals surface area contributed by atoms with Crippen molar-refractivity contribution in [3.05, 3.63) is 106 Å². The maximum atomic E-state index is 13.1. The van der Waals surface area contributed by atoms with Crippen LogP contribution in [0, 0.1) is 5.82 Å². The number of hydrogen-bond donors (Lipinski definition) is 1. The number of alkyl halides is 6. The van der Waals surface area contributed by atoms with Crippen molar-refractivity contribution in [3.63, 3.8) is 0 Å². The average Bonchev–Trinajstić information content (AvgIpc) is 2.80. The highest BCUT2D eigenvalue weighted by atomic mass is 19.4. The third kappa shape index (κ3) is 7.54. The zero-order valence-electron chi connectivity index (χ0n) is 18.1. The van der Waals surface area contributed by atoms with Gasteiger partial charge in [0.1, 0.15) is 5.82 Å². The molecule has 186 valence electrons. The van der Waals surface area contributed by atoms with E-state index in [0.29, 0.717) is 12.1 Å². The molecule has 3 rings (SSSR count). The molecule has 3 aromatic rings. The molecule has 0 aliphatic carbocycles. The topological polar surface area (TPSA) is 38.3 Å². The highest BCUT2D eigenvalue weighted by molar-refractivity contribution is 5.94. The largest absolute Gasteiger partial charge is 0.416 e. The first-order chi connectivity index (χ1) is 16.4. The summed E-state index contributed by atoms with van der Waals surface area (Å²) in [6, 6.07) is 14.9. The Balaban J connectivity index is 1.71. The molecule has 0 aliphatic rings. The fourth-order valence-corrected chi connectivity index (χ4v) is 3.34. The van der Waals surface area contributed by atoms with Gasteiger partial charge in [-0.15, -0.1) is 0 Å². The smallest absolute Gasteiger partial charge is 0.376 e. The minimum Gasteiger partial charge on any atom is -0.376 e. The van der Waals surface area contributed by atoms with Gasteiger partial charge >= 0.3 is 12.4 Å². The molecule has 0 aliphatic heterocycles. The molecular weight excluding hydrogens is 479 g/mol. The Morgan fingerprint density at radius 1 is 0.829 bits per heavy atom. The predicted octanol–water partition coefficient (Wildman–Crippen LogP) is 6.59. The highest BCUT2D eigenvalue weighted by Crippen LogP contribution is 2.36. The summed E-state index contributed by atoms with van der Waals surface area (Å²) in [5.74, 6) is -1.42. The van der Waals surface area contributed by atoms with Crippen LogP contribution in [-0.4, -0.2) is 19.1 Å². The summed E-state index contributed by atoms with van der Waals surface area (Å²) in [7, 11) is 0. The lowest BCUT2D eigenvalue weighted by atomic mass is 9.99. The van der Waals surface area contributed by atoms with Crippen LogP contribution < -0.4 is 5.32 Å². The fraction of sp³-hybridized carbons (Fsp3) is 0.240. The Kier molecular flexibility index (Phi) is 8.16. The summed E-state index contributed by atoms with van der Waals surface area (Å²) in [4.78, 5) is 12.4. The Morgan fingerprint density at radius 3 is 1.94 bits per heavy atom. The first kappa shape index (κ1) is 26.2. The number of carbonyl (C=O) groups is 1. The standard InChI is InChI=1S/C25H20F7NO2/c26-22-8-6-18(7-9-22)23(34)33-13-19(17-4-2-1-3-5-17)15-35-14-16-10-20(24(27,28)29)12-21(11-16)25(30,31)32/h1-12,19H,13-15H2,(H,33,34). The normalized spacial score (nSPS) is 12.9. The van der Waals surface area contributed by atoms with Crippen LogP contribution >= 0.6 is 0 Å². The minimum atomic E-state index is -4.95. The predicted molar refractivity (Wildman–Crippen MR) is 114 cm³/mol. The van der Waals surface area contributed by atoms with E-state index in [0.717, 1.165) is 17.7 Å². The second-order valence-electron chi connectivity index (χ2n) is 7.75. The van der Waals surface area contributed by atoms with Gasteiger partial charge in [0.25, 0.3) is 5.91 Å². The van der Waals surface area contributed by atoms with E-state index < -0.39 is 47.7 Å². The second-order valence-corrected chi connectivity index (χ2v) is 7.75. The summed E-state index contributed by atoms with van der Waals surface area (Å²) in [6.45, 7) is -0.524. The van der Waals surface area contributed by atoms with Gasteiger partial charge in [-0.3, -0.25) is 4.79 Å². The molecule has 3 nitrogen and oxygen atoms in total. The van der Waals surface area contributed by atoms with Crippen LogP contribution in [0.3, 0.4) is 0 Å². The summed E-state index contributed by atoms with van der Waals surface area (Å²) in [5, 5.41) is 2.68. The van der Waals surface area contributed by atoms with Crippen molar-refractivity contribution in [2.75, 3.05) is 13.2 Å². The van der Waals surface area contributed by atoms with Gasteiger partial charge in [0.05, 0.1) is 24.3 Å². The first-order valence-electron chi connectivity index (χ1n) is 10.4. The van der Waals surface area contributed by atoms with Gasteiger partial charge < -0.3 is 10.1 Å². The van der Waals surface area contributed by atoms with E-state index in [4.69, 9.17) is 4.74 Å². The molecule has 35 heavy (non-hydrogen) atoms. The first-order valence-corrected chi connectivity index (χ1v) is 10.4. The average molecular weight is 499 g/mol. The van der Waals surface area contributed by atoms with Gasteiger partial charge in [-0.05, 0) is 53.6 Å². The van der Waals surface area contributed by atoms with Crippen molar-refractivity contribution in [1.82, 2.24) is 5.32 Å². The number of amides is 1. The van der Waals surface area contributed by atoms with Crippen LogP contribution in [0.4, 0.5) is 30.7 Å². The monoisotopic (exact) mass is 499 g/mol. The van der Waals surface area contributed by atoms with Crippen molar-refractivity contribution >= 4 is 5.91 Å². The molecular formula is C25H20F7NO2. The van der Waals surface area contributed by atoms with E-state index in [1.54, 1.807) is 30.3 Å². The molecule has 0 radical (unpaired) electrons. The maximum Gasteiger partial charge on any atom is 0.416 e. The van der Waals surface area contributed by atoms with Gasteiger partial charge in [0.15, 0.2) is 0 Å². The summed E-state index contributed by atoms with van der Waals surface area (Å²) < 4.78 is 97.0. The van der Waals surface area contributed by atoms with Gasteiger partial charge in [0.2, 0.25) is 0 Å². The molecule has 0 heterocycles. The molecule has 10 heteroatoms. The summed E-state index contributed by atoms with van der Waals surface area (Å²) in [6.07, 6.45) is -9.90. The van der Waals surface area contributed by atoms with E-state index in [1.807, 2.05) is 0 Å². The van der Waals surface area contributed by atoms with Crippen molar-refractivity contribution in [2.24, 2.45) is 0 Å². The maximum absolute atomic E-state index is 13.1. The quantitative estimate of drug-likeness (QED) is 0.355. The molecule has 0 saturated carbocycles. The molecule has 1 N–H and O–H groups in total. The number of ether oxygens (including phenoxy) is 1. The van der Waals surface area contributed by atoms with E-state index in [-0.39, 0.29) is 30.3 Å². The number of benzene rings is 3. The third-order valence-electron chi connectivity index (χ3n) is 5.12. The molecule has 3 aromatic carbocycles. The molecule has 0 fully saturated rings. The zero-order valence-corrected chi connectivity index (χ0v) is 18.1. The van der Waals surface area contributed by atoms with E-state index in [9.17, 15) is 35.5 Å². The van der Waals surface area contributed by atoms with Gasteiger partial charge in [-0.25, -0.2) is 4.39 Å². The number of hydrogen-bond acceptors (Lipinski definition) is 2. The van der Waals surface area contributed by atoms with Crippen LogP contribution in [0.5, 0.6) is 0 Å². The van der Waals surface area contributed by atoms with Crippen molar-refractivity contribution in [3.8, 4) is 0 Å². The number of halogens is 7. The van der Waals surface area contributed by atoms with Gasteiger partial charge in [-0.2, -0.15) is 26.3 Å². The lowest BCUT2D eigenvalue weighted by Gasteiger charge is -2.19. The van der Waals surface area contributed by atoms with Crippen molar-refractivity contribution < 1.29 is 40.3 Å². The number of rotatable bonds is 8. The lowest BCUT2D eigenvalue weighted by Crippen LogP contribution is -2.30. The number of nitrogens with one attached hydrogen (secondary N) is 1. The third-order valence-corrected chi connectivity index (χ3v) is 5.12. The highest BCUT2D eigenvalue weighted by Gasteiger charge is 2.36. The van der Waals surface area contributed by atoms with Gasteiger partial charge in [-0.1, -0.05) is 30.3 Å². The Morgan fingerprint density at radius 2 is 1.40 bits per heavy atom. The Labute approximate surface area is 196 Å². The summed E-state index contributed by atoms with van der Waals surface area (Å²) >= 11 is 0. The van der Waals surface area contributed by atoms with E-state index >= 15 is 0 Å².